The molecule has 1 aromatic carbocycles. The van der Waals surface area contributed by atoms with E-state index in [1.54, 1.807) is 0 Å². The van der Waals surface area contributed by atoms with Gasteiger partial charge in [-0.25, -0.2) is 0 Å². The van der Waals surface area contributed by atoms with Crippen LogP contribution in [0.4, 0.5) is 0 Å². The number of rotatable bonds is 5. The van der Waals surface area contributed by atoms with E-state index >= 15 is 0 Å². The van der Waals surface area contributed by atoms with Gasteiger partial charge in [0.15, 0.2) is 0 Å². The summed E-state index contributed by atoms with van der Waals surface area (Å²) in [6.45, 7) is 1.76. The first-order valence-corrected chi connectivity index (χ1v) is 7.99. The Balaban J connectivity index is 2.09. The van der Waals surface area contributed by atoms with Crippen molar-refractivity contribution >= 4 is 10.1 Å². The standard InChI is InChI=1S/C13H19NO3S/c1-18(15,16)17-13(12-7-8-14-10-12)9-11-5-3-2-4-6-11/h2-6,12-14H,7-10H2,1H3. The Kier molecular flexibility index (Phi) is 4.37. The van der Waals surface area contributed by atoms with Crippen LogP contribution in [-0.4, -0.2) is 33.9 Å². The highest BCUT2D eigenvalue weighted by Gasteiger charge is 2.28. The van der Waals surface area contributed by atoms with E-state index in [2.05, 4.69) is 5.32 Å². The van der Waals surface area contributed by atoms with E-state index in [0.717, 1.165) is 31.3 Å². The molecule has 1 aliphatic heterocycles. The molecule has 1 N–H and O–H groups in total. The van der Waals surface area contributed by atoms with Crippen LogP contribution < -0.4 is 5.32 Å². The Labute approximate surface area is 108 Å². The quantitative estimate of drug-likeness (QED) is 0.816. The molecular formula is C13H19NO3S. The normalized spacial score (nSPS) is 21.9. The Bertz CT molecular complexity index is 466. The van der Waals surface area contributed by atoms with Gasteiger partial charge in [-0.2, -0.15) is 8.42 Å². The molecule has 1 saturated heterocycles. The first-order chi connectivity index (χ1) is 8.54. The van der Waals surface area contributed by atoms with E-state index in [4.69, 9.17) is 4.18 Å². The maximum atomic E-state index is 11.3. The molecule has 1 aromatic rings. The maximum Gasteiger partial charge on any atom is 0.264 e. The molecule has 0 aromatic heterocycles. The molecular weight excluding hydrogens is 250 g/mol. The number of benzene rings is 1. The number of nitrogens with one attached hydrogen (secondary N) is 1. The topological polar surface area (TPSA) is 55.4 Å². The van der Waals surface area contributed by atoms with Crippen LogP contribution in [0.25, 0.3) is 0 Å². The van der Waals surface area contributed by atoms with Crippen LogP contribution in [0.5, 0.6) is 0 Å². The second-order valence-electron chi connectivity index (χ2n) is 4.78. The van der Waals surface area contributed by atoms with Crippen LogP contribution in [0, 0.1) is 5.92 Å². The van der Waals surface area contributed by atoms with E-state index in [1.807, 2.05) is 30.3 Å². The predicted molar refractivity (Wildman–Crippen MR) is 70.8 cm³/mol. The van der Waals surface area contributed by atoms with E-state index in [-0.39, 0.29) is 12.0 Å². The monoisotopic (exact) mass is 269 g/mol. The first-order valence-electron chi connectivity index (χ1n) is 6.17. The Morgan fingerprint density at radius 2 is 2.11 bits per heavy atom. The second-order valence-corrected chi connectivity index (χ2v) is 6.38. The van der Waals surface area contributed by atoms with Gasteiger partial charge < -0.3 is 5.32 Å². The molecule has 100 valence electrons. The molecule has 2 rings (SSSR count). The van der Waals surface area contributed by atoms with Crippen molar-refractivity contribution in [1.82, 2.24) is 5.32 Å². The van der Waals surface area contributed by atoms with Crippen LogP contribution in [-0.2, 0) is 20.7 Å². The molecule has 18 heavy (non-hydrogen) atoms. The summed E-state index contributed by atoms with van der Waals surface area (Å²) in [6, 6.07) is 9.87. The highest BCUT2D eigenvalue weighted by Crippen LogP contribution is 2.21. The minimum absolute atomic E-state index is 0.264. The Morgan fingerprint density at radius 1 is 1.39 bits per heavy atom. The lowest BCUT2D eigenvalue weighted by atomic mass is 9.95. The smallest absolute Gasteiger partial charge is 0.264 e. The van der Waals surface area contributed by atoms with Gasteiger partial charge in [0, 0.05) is 18.9 Å². The van der Waals surface area contributed by atoms with Crippen molar-refractivity contribution in [2.24, 2.45) is 5.92 Å². The van der Waals surface area contributed by atoms with Gasteiger partial charge in [-0.15, -0.1) is 0 Å². The molecule has 0 radical (unpaired) electrons. The summed E-state index contributed by atoms with van der Waals surface area (Å²) < 4.78 is 27.9. The lowest BCUT2D eigenvalue weighted by molar-refractivity contribution is 0.151. The maximum absolute atomic E-state index is 11.3. The van der Waals surface area contributed by atoms with Crippen molar-refractivity contribution in [3.8, 4) is 0 Å². The molecule has 0 spiro atoms. The molecule has 1 aliphatic rings. The highest BCUT2D eigenvalue weighted by molar-refractivity contribution is 7.86. The van der Waals surface area contributed by atoms with Gasteiger partial charge in [0.2, 0.25) is 0 Å². The Hall–Kier alpha value is -0.910. The SMILES string of the molecule is CS(=O)(=O)OC(Cc1ccccc1)C1CCNC1. The van der Waals surface area contributed by atoms with E-state index < -0.39 is 10.1 Å². The summed E-state index contributed by atoms with van der Waals surface area (Å²) in [5.74, 6) is 0.264. The molecule has 5 heteroatoms. The van der Waals surface area contributed by atoms with Crippen molar-refractivity contribution in [2.45, 2.75) is 18.9 Å². The number of hydrogen-bond donors (Lipinski definition) is 1. The average Bonchev–Trinajstić information content (AvgIpc) is 2.81. The number of hydrogen-bond acceptors (Lipinski definition) is 4. The third-order valence-electron chi connectivity index (χ3n) is 3.20. The fraction of sp³-hybridized carbons (Fsp3) is 0.538. The van der Waals surface area contributed by atoms with Crippen LogP contribution >= 0.6 is 0 Å². The van der Waals surface area contributed by atoms with E-state index in [9.17, 15) is 8.42 Å². The molecule has 2 atom stereocenters. The summed E-state index contributed by atoms with van der Waals surface area (Å²) in [7, 11) is -3.41. The summed E-state index contributed by atoms with van der Waals surface area (Å²) in [5.41, 5.74) is 1.11. The van der Waals surface area contributed by atoms with Crippen LogP contribution in [0.1, 0.15) is 12.0 Å². The zero-order valence-corrected chi connectivity index (χ0v) is 11.3. The van der Waals surface area contributed by atoms with Gasteiger partial charge >= 0.3 is 0 Å². The largest absolute Gasteiger partial charge is 0.316 e. The molecule has 2 unspecified atom stereocenters. The Morgan fingerprint density at radius 3 is 2.67 bits per heavy atom. The van der Waals surface area contributed by atoms with E-state index in [1.165, 1.54) is 0 Å². The second kappa shape index (κ2) is 5.82. The molecule has 0 bridgehead atoms. The predicted octanol–water partition coefficient (Wildman–Crippen LogP) is 1.18. The minimum Gasteiger partial charge on any atom is -0.316 e. The van der Waals surface area contributed by atoms with Crippen LogP contribution in [0.2, 0.25) is 0 Å². The molecule has 0 amide bonds. The van der Waals surface area contributed by atoms with Crippen LogP contribution in [0.15, 0.2) is 30.3 Å². The van der Waals surface area contributed by atoms with Gasteiger partial charge in [-0.05, 0) is 18.5 Å². The lowest BCUT2D eigenvalue weighted by Gasteiger charge is -2.22. The van der Waals surface area contributed by atoms with Gasteiger partial charge in [-0.1, -0.05) is 30.3 Å². The van der Waals surface area contributed by atoms with Gasteiger partial charge in [0.1, 0.15) is 0 Å². The fourth-order valence-corrected chi connectivity index (χ4v) is 3.02. The van der Waals surface area contributed by atoms with Crippen molar-refractivity contribution in [3.05, 3.63) is 35.9 Å². The third-order valence-corrected chi connectivity index (χ3v) is 3.80. The van der Waals surface area contributed by atoms with Crippen molar-refractivity contribution in [1.29, 1.82) is 0 Å². The zero-order valence-electron chi connectivity index (χ0n) is 10.5. The fourth-order valence-electron chi connectivity index (χ4n) is 2.34. The molecule has 0 aliphatic carbocycles. The molecule has 1 heterocycles. The summed E-state index contributed by atoms with van der Waals surface area (Å²) in [5, 5.41) is 3.25. The summed E-state index contributed by atoms with van der Waals surface area (Å²) in [6.07, 6.45) is 2.46. The summed E-state index contributed by atoms with van der Waals surface area (Å²) >= 11 is 0. The lowest BCUT2D eigenvalue weighted by Crippen LogP contribution is -2.30. The summed E-state index contributed by atoms with van der Waals surface area (Å²) in [4.78, 5) is 0. The van der Waals surface area contributed by atoms with E-state index in [0.29, 0.717) is 6.42 Å². The molecule has 4 nitrogen and oxygen atoms in total. The minimum atomic E-state index is -3.41. The third kappa shape index (κ3) is 4.08. The van der Waals surface area contributed by atoms with Gasteiger partial charge in [0.05, 0.1) is 12.4 Å². The van der Waals surface area contributed by atoms with Crippen molar-refractivity contribution in [3.63, 3.8) is 0 Å². The van der Waals surface area contributed by atoms with Gasteiger partial charge in [0.25, 0.3) is 10.1 Å². The van der Waals surface area contributed by atoms with Crippen molar-refractivity contribution in [2.75, 3.05) is 19.3 Å². The first kappa shape index (κ1) is 13.5. The molecule has 0 saturated carbocycles. The average molecular weight is 269 g/mol. The van der Waals surface area contributed by atoms with Gasteiger partial charge in [-0.3, -0.25) is 4.18 Å². The van der Waals surface area contributed by atoms with Crippen LogP contribution in [0.3, 0.4) is 0 Å². The van der Waals surface area contributed by atoms with Crippen molar-refractivity contribution < 1.29 is 12.6 Å². The molecule has 1 fully saturated rings. The zero-order chi connectivity index (χ0) is 13.0. The highest BCUT2D eigenvalue weighted by atomic mass is 32.2.